The molecule has 0 amide bonds. The van der Waals surface area contributed by atoms with Crippen LogP contribution in [0.5, 0.6) is 0 Å². The number of halogens is 1. The van der Waals surface area contributed by atoms with Gasteiger partial charge in [0.25, 0.3) is 0 Å². The molecule has 1 aliphatic heterocycles. The van der Waals surface area contributed by atoms with E-state index < -0.39 is 0 Å². The second kappa shape index (κ2) is 4.72. The van der Waals surface area contributed by atoms with E-state index in [1.165, 1.54) is 18.5 Å². The van der Waals surface area contributed by atoms with Crippen molar-refractivity contribution in [2.75, 3.05) is 37.6 Å². The van der Waals surface area contributed by atoms with Crippen molar-refractivity contribution >= 4 is 17.3 Å². The molecule has 0 aromatic heterocycles. The summed E-state index contributed by atoms with van der Waals surface area (Å²) in [5.41, 5.74) is 7.58. The average molecular weight is 266 g/mol. The van der Waals surface area contributed by atoms with Crippen molar-refractivity contribution in [2.24, 2.45) is 5.73 Å². The zero-order chi connectivity index (χ0) is 12.6. The second-order valence-electron chi connectivity index (χ2n) is 5.60. The van der Waals surface area contributed by atoms with E-state index in [0.29, 0.717) is 0 Å². The summed E-state index contributed by atoms with van der Waals surface area (Å²) < 4.78 is 0. The molecular formula is C14H20ClN3. The molecule has 2 fully saturated rings. The third kappa shape index (κ3) is 2.79. The summed E-state index contributed by atoms with van der Waals surface area (Å²) in [5, 5.41) is 0.802. The third-order valence-corrected chi connectivity index (χ3v) is 4.25. The minimum absolute atomic E-state index is 0.141. The molecule has 3 nitrogen and oxygen atoms in total. The number of rotatable bonds is 3. The fourth-order valence-electron chi connectivity index (χ4n) is 2.58. The lowest BCUT2D eigenvalue weighted by molar-refractivity contribution is 0.236. The van der Waals surface area contributed by atoms with Gasteiger partial charge < -0.3 is 10.6 Å². The molecule has 2 aliphatic rings. The van der Waals surface area contributed by atoms with E-state index in [9.17, 15) is 0 Å². The Labute approximate surface area is 114 Å². The summed E-state index contributed by atoms with van der Waals surface area (Å²) >= 11 is 5.91. The summed E-state index contributed by atoms with van der Waals surface area (Å²) in [4.78, 5) is 4.92. The Morgan fingerprint density at radius 3 is 2.22 bits per heavy atom. The van der Waals surface area contributed by atoms with Gasteiger partial charge in [-0.25, -0.2) is 0 Å². The predicted molar refractivity (Wildman–Crippen MR) is 76.3 cm³/mol. The van der Waals surface area contributed by atoms with Crippen LogP contribution < -0.4 is 10.6 Å². The van der Waals surface area contributed by atoms with Crippen LogP contribution in [0.15, 0.2) is 24.3 Å². The molecule has 1 heterocycles. The first-order chi connectivity index (χ1) is 8.65. The molecule has 18 heavy (non-hydrogen) atoms. The molecule has 0 unspecified atom stereocenters. The molecule has 1 aromatic carbocycles. The molecule has 0 radical (unpaired) electrons. The minimum atomic E-state index is 0.141. The lowest BCUT2D eigenvalue weighted by atomic mass is 10.2. The average Bonchev–Trinajstić information content (AvgIpc) is 3.09. The highest BCUT2D eigenvalue weighted by atomic mass is 35.5. The van der Waals surface area contributed by atoms with Crippen LogP contribution in [0, 0.1) is 0 Å². The molecule has 0 atom stereocenters. The van der Waals surface area contributed by atoms with Gasteiger partial charge in [0.1, 0.15) is 0 Å². The summed E-state index contributed by atoms with van der Waals surface area (Å²) in [6.07, 6.45) is 2.40. The largest absolute Gasteiger partial charge is 0.369 e. The third-order valence-electron chi connectivity index (χ3n) is 3.99. The van der Waals surface area contributed by atoms with Gasteiger partial charge in [0.15, 0.2) is 0 Å². The zero-order valence-electron chi connectivity index (χ0n) is 10.6. The summed E-state index contributed by atoms with van der Waals surface area (Å²) in [5.74, 6) is 0. The van der Waals surface area contributed by atoms with Gasteiger partial charge in [-0.3, -0.25) is 4.90 Å². The van der Waals surface area contributed by atoms with Crippen molar-refractivity contribution in [3.8, 4) is 0 Å². The predicted octanol–water partition coefficient (Wildman–Crippen LogP) is 1.95. The monoisotopic (exact) mass is 265 g/mol. The molecule has 0 bridgehead atoms. The minimum Gasteiger partial charge on any atom is -0.369 e. The van der Waals surface area contributed by atoms with Crippen molar-refractivity contribution < 1.29 is 0 Å². The number of benzene rings is 1. The molecule has 4 heteroatoms. The second-order valence-corrected chi connectivity index (χ2v) is 6.04. The Hall–Kier alpha value is -0.770. The molecule has 1 saturated heterocycles. The van der Waals surface area contributed by atoms with E-state index in [1.807, 2.05) is 12.1 Å². The first-order valence-electron chi connectivity index (χ1n) is 6.66. The SMILES string of the molecule is NC1(CN2CCN(c3ccc(Cl)cc3)CC2)CC1. The molecule has 1 aliphatic carbocycles. The Morgan fingerprint density at radius 2 is 1.67 bits per heavy atom. The van der Waals surface area contributed by atoms with Crippen molar-refractivity contribution in [1.82, 2.24) is 4.90 Å². The maximum atomic E-state index is 6.17. The van der Waals surface area contributed by atoms with Crippen LogP contribution in [0.2, 0.25) is 5.02 Å². The lowest BCUT2D eigenvalue weighted by Crippen LogP contribution is -2.50. The standard InChI is InChI=1S/C14H20ClN3/c15-12-1-3-13(4-2-12)18-9-7-17(8-10-18)11-14(16)5-6-14/h1-4H,5-11,16H2. The summed E-state index contributed by atoms with van der Waals surface area (Å²) in [7, 11) is 0. The number of piperazine rings is 1. The van der Waals surface area contributed by atoms with Crippen LogP contribution in [-0.2, 0) is 0 Å². The highest BCUT2D eigenvalue weighted by molar-refractivity contribution is 6.30. The van der Waals surface area contributed by atoms with Crippen LogP contribution >= 0.6 is 11.6 Å². The Balaban J connectivity index is 1.54. The van der Waals surface area contributed by atoms with Crippen LogP contribution in [0.4, 0.5) is 5.69 Å². The fourth-order valence-corrected chi connectivity index (χ4v) is 2.71. The molecule has 98 valence electrons. The number of hydrogen-bond acceptors (Lipinski definition) is 3. The first kappa shape index (κ1) is 12.3. The van der Waals surface area contributed by atoms with Gasteiger partial charge in [-0.1, -0.05) is 11.6 Å². The molecular weight excluding hydrogens is 246 g/mol. The van der Waals surface area contributed by atoms with Gasteiger partial charge in [0, 0.05) is 49.0 Å². The first-order valence-corrected chi connectivity index (χ1v) is 7.04. The topological polar surface area (TPSA) is 32.5 Å². The smallest absolute Gasteiger partial charge is 0.0407 e. The molecule has 0 spiro atoms. The fraction of sp³-hybridized carbons (Fsp3) is 0.571. The van der Waals surface area contributed by atoms with Gasteiger partial charge >= 0.3 is 0 Å². The van der Waals surface area contributed by atoms with Crippen LogP contribution in [-0.4, -0.2) is 43.2 Å². The van der Waals surface area contributed by atoms with E-state index in [-0.39, 0.29) is 5.54 Å². The van der Waals surface area contributed by atoms with Crippen LogP contribution in [0.1, 0.15) is 12.8 Å². The van der Waals surface area contributed by atoms with Crippen molar-refractivity contribution in [1.29, 1.82) is 0 Å². The van der Waals surface area contributed by atoms with E-state index in [4.69, 9.17) is 17.3 Å². The lowest BCUT2D eigenvalue weighted by Gasteiger charge is -2.37. The highest BCUT2D eigenvalue weighted by Crippen LogP contribution is 2.33. The number of nitrogens with zero attached hydrogens (tertiary/aromatic N) is 2. The molecule has 3 rings (SSSR count). The van der Waals surface area contributed by atoms with Crippen LogP contribution in [0.3, 0.4) is 0 Å². The van der Waals surface area contributed by atoms with E-state index in [0.717, 1.165) is 37.7 Å². The maximum absolute atomic E-state index is 6.17. The van der Waals surface area contributed by atoms with E-state index >= 15 is 0 Å². The maximum Gasteiger partial charge on any atom is 0.0407 e. The van der Waals surface area contributed by atoms with Gasteiger partial charge in [0.05, 0.1) is 0 Å². The zero-order valence-corrected chi connectivity index (χ0v) is 11.4. The Bertz CT molecular complexity index is 406. The van der Waals surface area contributed by atoms with Crippen molar-refractivity contribution in [2.45, 2.75) is 18.4 Å². The summed E-state index contributed by atoms with van der Waals surface area (Å²) in [6, 6.07) is 8.12. The Kier molecular flexibility index (Phi) is 3.22. The summed E-state index contributed by atoms with van der Waals surface area (Å²) in [6.45, 7) is 5.46. The molecule has 1 saturated carbocycles. The van der Waals surface area contributed by atoms with Gasteiger partial charge in [-0.15, -0.1) is 0 Å². The number of hydrogen-bond donors (Lipinski definition) is 1. The highest BCUT2D eigenvalue weighted by Gasteiger charge is 2.40. The molecule has 1 aromatic rings. The number of nitrogens with two attached hydrogens (primary N) is 1. The van der Waals surface area contributed by atoms with Gasteiger partial charge in [-0.05, 0) is 37.1 Å². The normalized spacial score (nSPS) is 23.1. The van der Waals surface area contributed by atoms with Gasteiger partial charge in [-0.2, -0.15) is 0 Å². The van der Waals surface area contributed by atoms with Gasteiger partial charge in [0.2, 0.25) is 0 Å². The molecule has 2 N–H and O–H groups in total. The van der Waals surface area contributed by atoms with Crippen LogP contribution in [0.25, 0.3) is 0 Å². The quantitative estimate of drug-likeness (QED) is 0.907. The van der Waals surface area contributed by atoms with E-state index in [2.05, 4.69) is 21.9 Å². The number of anilines is 1. The van der Waals surface area contributed by atoms with E-state index in [1.54, 1.807) is 0 Å². The Morgan fingerprint density at radius 1 is 1.06 bits per heavy atom. The van der Waals surface area contributed by atoms with Crippen molar-refractivity contribution in [3.63, 3.8) is 0 Å². The van der Waals surface area contributed by atoms with Crippen molar-refractivity contribution in [3.05, 3.63) is 29.3 Å².